The van der Waals surface area contributed by atoms with E-state index in [0.717, 1.165) is 142 Å². The van der Waals surface area contributed by atoms with Crippen LogP contribution in [0.3, 0.4) is 0 Å². The molecule has 0 bridgehead atoms. The summed E-state index contributed by atoms with van der Waals surface area (Å²) >= 11 is 0. The first-order valence-corrected chi connectivity index (χ1v) is 47.9. The quantitative estimate of drug-likeness (QED) is 0.0109. The van der Waals surface area contributed by atoms with Crippen LogP contribution in [0.25, 0.3) is 10.4 Å². The summed E-state index contributed by atoms with van der Waals surface area (Å²) in [5.41, 5.74) is 9.90. The van der Waals surface area contributed by atoms with Gasteiger partial charge in [-0.2, -0.15) is 0 Å². The smallest absolute Gasteiger partial charge is 0.339 e. The zero-order valence-electron chi connectivity index (χ0n) is 84.1. The second kappa shape index (κ2) is 60.3. The van der Waals surface area contributed by atoms with Crippen molar-refractivity contribution in [1.29, 1.82) is 0 Å². The molecule has 0 unspecified atom stereocenters. The van der Waals surface area contributed by atoms with Gasteiger partial charge in [0.25, 0.3) is 0 Å². The lowest BCUT2D eigenvalue weighted by Crippen LogP contribution is -2.71. The molecule has 5 aliphatic rings. The molecule has 147 heavy (non-hydrogen) atoms. The summed E-state index contributed by atoms with van der Waals surface area (Å²) in [5.74, 6) is -20.3. The summed E-state index contributed by atoms with van der Waals surface area (Å²) in [4.78, 5) is 252. The summed E-state index contributed by atoms with van der Waals surface area (Å²) < 4.78 is 160. The number of ketones is 1. The molecule has 1 amide bonds. The monoisotopic (exact) mass is 2080 g/mol. The summed E-state index contributed by atoms with van der Waals surface area (Å²) in [5, 5.41) is 6.50. The average molecular weight is 2080 g/mol. The van der Waals surface area contributed by atoms with Crippen LogP contribution in [0.2, 0.25) is 0 Å². The Morgan fingerprint density at radius 3 is 1.13 bits per heavy atom. The van der Waals surface area contributed by atoms with E-state index in [0.29, 0.717) is 6.42 Å². The Balaban J connectivity index is 1.26. The van der Waals surface area contributed by atoms with Crippen molar-refractivity contribution in [2.75, 3.05) is 40.1 Å². The first kappa shape index (κ1) is 119. The summed E-state index contributed by atoms with van der Waals surface area (Å²) in [6, 6.07) is 18.0. The van der Waals surface area contributed by atoms with Crippen LogP contribution in [0.1, 0.15) is 218 Å². The Bertz CT molecular complexity index is 5000. The van der Waals surface area contributed by atoms with Gasteiger partial charge in [0.05, 0.1) is 36.8 Å². The molecular formula is C99H128N4O44. The van der Waals surface area contributed by atoms with E-state index in [1.54, 1.807) is 30.3 Å². The third-order valence-corrected chi connectivity index (χ3v) is 22.8. The molecule has 48 nitrogen and oxygen atoms in total. The molecule has 48 heteroatoms. The SMILES string of the molecule is CCCCCCCCCCCCC/C=C/[C@@H](OC(=O)c1ccccc1)[C@H](CO[C@@H]1O[C@H](COC(C)=O)[C@@H](O[C@@H]2O[C@H](COC(C)=O)[C@H](OC(C)=O)[C@H](O[C@@H]3O[C@H](COC(C)=O)[C@@H](O[C@@H]4O[C@H](COC(C)=O)[C@H](OC(C)=O)[C@H](O[C@H]5O[C@H](C(=O)OC)[C@@H](OC(=O)c6ccccc6)[C@H](OC(=O)CCC(C)=O)[C@H]5OC(=O)c5ccccc5)[C@H]4OC(C)=O)[C@H](OC(C)=O)[C@H]3NC(C)=O)[C@H]2OC(C)=O)[C@H](OC(C)=O)[C@H]1OC(C)=O)N=[N+]=[N-]. The first-order chi connectivity index (χ1) is 70.1. The lowest BCUT2D eigenvalue weighted by Gasteiger charge is -2.52. The molecule has 1 N–H and O–H groups in total. The molecule has 5 saturated heterocycles. The number of unbranched alkanes of at least 4 members (excludes halogenated alkanes) is 11. The fourth-order valence-electron chi connectivity index (χ4n) is 16.5. The van der Waals surface area contributed by atoms with Gasteiger partial charge in [-0.3, -0.25) is 62.3 Å². The minimum absolute atomic E-state index is 0.103. The van der Waals surface area contributed by atoms with E-state index in [1.165, 1.54) is 98.5 Å². The summed E-state index contributed by atoms with van der Waals surface area (Å²) in [7, 11) is 0.859. The highest BCUT2D eigenvalue weighted by atomic mass is 16.8. The molecule has 8 rings (SSSR count). The number of esters is 16. The average Bonchev–Trinajstić information content (AvgIpc) is 0.748. The standard InChI is InChI=1S/C99H128N4O44/c1-16-17-18-19-20-21-22-23-24-25-26-27-37-44-69(135-91(118)65-38-31-28-32-39-65)68(102-103-100)47-127-96-87(132-62(12)114)81(131-61(11)113)79(73(137-96)51-126-57(7)109)144-98-88(133-63(13)115)82(77(128-58(8)110)71(139-98)49-124-55(5)107)145-95-75(101-53(3)105)80(130-60(10)112)76(70(136-95)48-123-54(4)106)143-97-89(134-64(14)116)83(78(129-59(9)111)72(138-97)50-125-56(6)108)146-99-90(142-93(120)67-42-35-30-36-43-67)85(140-74(117)46-45-52(2)104)84(86(147-99)94(121)122-15)141-92(119)66-40-33-29-34-41-66/h28-44,68-73,75-90,95-99H,16-27,45-51H2,1-15H3,(H,101,105)/b44-37+/t68-,69+,70+,71+,72+,73+,75+,76+,77-,78-,79+,80+,81-,82-,83-,84-,85-,86-,87+,88+,89+,90+,95-,96+,97-,98-,99-/m0/s1. The van der Waals surface area contributed by atoms with E-state index < -0.39 is 319 Å². The highest BCUT2D eigenvalue weighted by Gasteiger charge is 2.64. The minimum Gasteiger partial charge on any atom is -0.467 e. The van der Waals surface area contributed by atoms with Gasteiger partial charge in [0.1, 0.15) is 99.2 Å². The Labute approximate surface area is 846 Å². The Hall–Kier alpha value is -13.0. The number of azide groups is 1. The highest BCUT2D eigenvalue weighted by molar-refractivity contribution is 5.91. The van der Waals surface area contributed by atoms with Gasteiger partial charge in [-0.05, 0) is 67.8 Å². The van der Waals surface area contributed by atoms with Crippen molar-refractivity contribution >= 4 is 107 Å². The maximum Gasteiger partial charge on any atom is 0.339 e. The molecular weight excluding hydrogens is 1950 g/mol. The van der Waals surface area contributed by atoms with Gasteiger partial charge >= 0.3 is 95.5 Å². The number of hydrogen-bond acceptors (Lipinski definition) is 45. The van der Waals surface area contributed by atoms with Crippen molar-refractivity contribution in [2.24, 2.45) is 5.11 Å². The fraction of sp³-hybridized carbons (Fsp3) is 0.616. The predicted octanol–water partition coefficient (Wildman–Crippen LogP) is 7.51. The topological polar surface area (TPSA) is 608 Å². The van der Waals surface area contributed by atoms with Crippen molar-refractivity contribution in [3.8, 4) is 0 Å². The number of amides is 1. The van der Waals surface area contributed by atoms with Gasteiger partial charge in [0.15, 0.2) is 92.3 Å². The van der Waals surface area contributed by atoms with Gasteiger partial charge in [0.2, 0.25) is 12.2 Å². The molecule has 0 spiro atoms. The van der Waals surface area contributed by atoms with Crippen molar-refractivity contribution in [3.05, 3.63) is 130 Å². The molecule has 5 heterocycles. The second-order valence-corrected chi connectivity index (χ2v) is 34.7. The zero-order valence-corrected chi connectivity index (χ0v) is 84.1. The molecule has 5 aliphatic heterocycles. The largest absolute Gasteiger partial charge is 0.467 e. The van der Waals surface area contributed by atoms with E-state index in [9.17, 15) is 91.8 Å². The van der Waals surface area contributed by atoms with Crippen LogP contribution in [-0.2, 0) is 195 Å². The third-order valence-electron chi connectivity index (χ3n) is 22.8. The van der Waals surface area contributed by atoms with Crippen molar-refractivity contribution in [1.82, 2.24) is 5.32 Å². The van der Waals surface area contributed by atoms with E-state index in [1.807, 2.05) is 0 Å². The van der Waals surface area contributed by atoms with Crippen LogP contribution in [0, 0.1) is 0 Å². The number of methoxy groups -OCH3 is 1. The first-order valence-electron chi connectivity index (χ1n) is 47.9. The number of benzene rings is 3. The van der Waals surface area contributed by atoms with Crippen molar-refractivity contribution in [2.45, 2.75) is 352 Å². The maximum atomic E-state index is 14.8. The summed E-state index contributed by atoms with van der Waals surface area (Å²) in [6.07, 6.45) is -40.8. The predicted molar refractivity (Wildman–Crippen MR) is 494 cm³/mol. The van der Waals surface area contributed by atoms with Gasteiger partial charge in [-0.25, -0.2) is 19.2 Å². The number of allylic oxidation sites excluding steroid dienone is 1. The number of carbonyl (C=O) groups is 18. The van der Waals surface area contributed by atoms with Crippen LogP contribution in [-0.4, -0.2) is 313 Å². The van der Waals surface area contributed by atoms with Crippen LogP contribution >= 0.6 is 0 Å². The molecule has 0 radical (unpaired) electrons. The normalized spacial score (nSPS) is 27.1. The third kappa shape index (κ3) is 38.0. The second-order valence-electron chi connectivity index (χ2n) is 34.7. The lowest BCUT2D eigenvalue weighted by molar-refractivity contribution is -0.386. The zero-order chi connectivity index (χ0) is 108. The number of carbonyl (C=O) groups excluding carboxylic acids is 18. The number of Topliss-reactive ketones (excluding diaryl/α,β-unsaturated/α-hetero) is 1. The molecule has 5 fully saturated rings. The Morgan fingerprint density at radius 1 is 0.367 bits per heavy atom. The van der Waals surface area contributed by atoms with Crippen molar-refractivity contribution in [3.63, 3.8) is 0 Å². The Morgan fingerprint density at radius 2 is 0.714 bits per heavy atom. The van der Waals surface area contributed by atoms with E-state index >= 15 is 0 Å². The van der Waals surface area contributed by atoms with Gasteiger partial charge < -0.3 is 133 Å². The fourth-order valence-corrected chi connectivity index (χ4v) is 16.5. The molecule has 3 aromatic rings. The molecule has 27 atom stereocenters. The number of rotatable bonds is 53. The van der Waals surface area contributed by atoms with E-state index in [2.05, 4.69) is 22.3 Å². The van der Waals surface area contributed by atoms with Gasteiger partial charge in [-0.1, -0.05) is 137 Å². The van der Waals surface area contributed by atoms with Crippen LogP contribution in [0.15, 0.2) is 108 Å². The van der Waals surface area contributed by atoms with Gasteiger partial charge in [0, 0.05) is 94.4 Å². The lowest BCUT2D eigenvalue weighted by atomic mass is 9.93. The van der Waals surface area contributed by atoms with Gasteiger partial charge in [-0.15, -0.1) is 0 Å². The van der Waals surface area contributed by atoms with Crippen LogP contribution in [0.4, 0.5) is 0 Å². The van der Waals surface area contributed by atoms with Crippen LogP contribution < -0.4 is 5.32 Å². The van der Waals surface area contributed by atoms with Crippen molar-refractivity contribution < 1.29 is 209 Å². The maximum absolute atomic E-state index is 14.8. The number of nitrogens with zero attached hydrogens (tertiary/aromatic N) is 3. The highest BCUT2D eigenvalue weighted by Crippen LogP contribution is 2.43. The molecule has 0 saturated carbocycles. The number of nitrogens with one attached hydrogen (secondary N) is 1. The molecule has 0 aliphatic carbocycles. The number of ether oxygens (including phenoxy) is 26. The van der Waals surface area contributed by atoms with Crippen LogP contribution in [0.5, 0.6) is 0 Å². The molecule has 3 aromatic carbocycles. The van der Waals surface area contributed by atoms with E-state index in [4.69, 9.17) is 123 Å². The van der Waals surface area contributed by atoms with E-state index in [-0.39, 0.29) is 16.7 Å². The molecule has 808 valence electrons. The number of hydrogen-bond donors (Lipinski definition) is 1. The summed E-state index contributed by atoms with van der Waals surface area (Å²) in [6.45, 7) is 9.24. The Kier molecular flexibility index (Phi) is 48.9. The minimum atomic E-state index is -2.54. The molecule has 0 aromatic heterocycles.